The Morgan fingerprint density at radius 3 is 2.73 bits per heavy atom. The summed E-state index contributed by atoms with van der Waals surface area (Å²) >= 11 is 4.20. The van der Waals surface area contributed by atoms with Crippen molar-refractivity contribution in [2.24, 2.45) is 0 Å². The summed E-state index contributed by atoms with van der Waals surface area (Å²) in [6.07, 6.45) is 9.31. The van der Waals surface area contributed by atoms with Gasteiger partial charge in [0.2, 0.25) is 5.91 Å². The molecule has 0 aliphatic carbocycles. The number of carbonyl (C=O) groups excluding carboxylic acids is 1. The Morgan fingerprint density at radius 2 is 1.86 bits per heavy atom. The molecule has 1 aromatic heterocycles. The number of thiol groups is 1. The number of nitrogens with one attached hydrogen (secondary N) is 2. The van der Waals surface area contributed by atoms with E-state index < -0.39 is 0 Å². The first-order valence-electron chi connectivity index (χ1n) is 8.24. The van der Waals surface area contributed by atoms with Gasteiger partial charge >= 0.3 is 0 Å². The SMILES string of the molecule is O=C(CCCCCCCS)NCCc1c[nH]c2ccccc12. The average Bonchev–Trinajstić information content (AvgIpc) is 2.94. The molecule has 1 amide bonds. The molecular formula is C18H26N2OS. The Kier molecular flexibility index (Phi) is 7.37. The Balaban J connectivity index is 1.61. The zero-order chi connectivity index (χ0) is 15.6. The number of hydrogen-bond donors (Lipinski definition) is 3. The predicted octanol–water partition coefficient (Wildman–Crippen LogP) is 4.10. The Hall–Kier alpha value is -1.42. The first-order chi connectivity index (χ1) is 10.8. The Morgan fingerprint density at radius 1 is 1.09 bits per heavy atom. The molecular weight excluding hydrogens is 292 g/mol. The third-order valence-corrected chi connectivity index (χ3v) is 4.27. The van der Waals surface area contributed by atoms with Gasteiger partial charge in [0.05, 0.1) is 0 Å². The van der Waals surface area contributed by atoms with Gasteiger partial charge in [-0.2, -0.15) is 12.6 Å². The van der Waals surface area contributed by atoms with E-state index in [9.17, 15) is 4.79 Å². The van der Waals surface area contributed by atoms with Crippen LogP contribution in [0.25, 0.3) is 10.9 Å². The summed E-state index contributed by atoms with van der Waals surface area (Å²) in [7, 11) is 0. The number of H-pyrrole nitrogens is 1. The maximum atomic E-state index is 11.8. The molecule has 0 saturated heterocycles. The number of carbonyl (C=O) groups is 1. The molecule has 0 spiro atoms. The van der Waals surface area contributed by atoms with Crippen molar-refractivity contribution < 1.29 is 4.79 Å². The van der Waals surface area contributed by atoms with Gasteiger partial charge in [0.1, 0.15) is 0 Å². The second-order valence-corrected chi connectivity index (χ2v) is 6.15. The van der Waals surface area contributed by atoms with Crippen LogP contribution in [0.3, 0.4) is 0 Å². The molecule has 1 heterocycles. The molecule has 0 atom stereocenters. The molecule has 120 valence electrons. The smallest absolute Gasteiger partial charge is 0.220 e. The van der Waals surface area contributed by atoms with E-state index in [1.165, 1.54) is 30.2 Å². The van der Waals surface area contributed by atoms with E-state index in [2.05, 4.69) is 35.1 Å². The van der Waals surface area contributed by atoms with Gasteiger partial charge < -0.3 is 10.3 Å². The first kappa shape index (κ1) is 16.9. The van der Waals surface area contributed by atoms with E-state index >= 15 is 0 Å². The number of benzene rings is 1. The van der Waals surface area contributed by atoms with Gasteiger partial charge in [0.15, 0.2) is 0 Å². The molecule has 3 nitrogen and oxygen atoms in total. The van der Waals surface area contributed by atoms with Crippen LogP contribution in [0.1, 0.15) is 44.1 Å². The van der Waals surface area contributed by atoms with Crippen molar-refractivity contribution in [2.45, 2.75) is 44.9 Å². The molecule has 2 rings (SSSR count). The van der Waals surface area contributed by atoms with Gasteiger partial charge in [-0.15, -0.1) is 0 Å². The molecule has 1 aromatic carbocycles. The van der Waals surface area contributed by atoms with Crippen LogP contribution in [0, 0.1) is 0 Å². The van der Waals surface area contributed by atoms with Crippen LogP contribution in [0.2, 0.25) is 0 Å². The standard InChI is InChI=1S/C18H26N2OS/c21-18(10-4-2-1-3-7-13-22)19-12-11-15-14-20-17-9-6-5-8-16(15)17/h5-6,8-9,14,20,22H,1-4,7,10-13H2,(H,19,21). The lowest BCUT2D eigenvalue weighted by Crippen LogP contribution is -2.25. The monoisotopic (exact) mass is 318 g/mol. The highest BCUT2D eigenvalue weighted by atomic mass is 32.1. The van der Waals surface area contributed by atoms with Crippen LogP contribution in [-0.2, 0) is 11.2 Å². The van der Waals surface area contributed by atoms with Gasteiger partial charge in [0, 0.05) is 30.1 Å². The third kappa shape index (κ3) is 5.41. The molecule has 0 bridgehead atoms. The highest BCUT2D eigenvalue weighted by Gasteiger charge is 2.04. The van der Waals surface area contributed by atoms with Crippen molar-refractivity contribution >= 4 is 29.4 Å². The fourth-order valence-electron chi connectivity index (χ4n) is 2.69. The topological polar surface area (TPSA) is 44.9 Å². The number of rotatable bonds is 10. The summed E-state index contributed by atoms with van der Waals surface area (Å²) in [5.41, 5.74) is 2.42. The first-order valence-corrected chi connectivity index (χ1v) is 8.87. The van der Waals surface area contributed by atoms with Gasteiger partial charge in [-0.1, -0.05) is 37.5 Å². The van der Waals surface area contributed by atoms with Gasteiger partial charge in [0.25, 0.3) is 0 Å². The second-order valence-electron chi connectivity index (χ2n) is 5.70. The predicted molar refractivity (Wildman–Crippen MR) is 96.6 cm³/mol. The number of fused-ring (bicyclic) bond motifs is 1. The van der Waals surface area contributed by atoms with Crippen LogP contribution >= 0.6 is 12.6 Å². The average molecular weight is 318 g/mol. The Labute approximate surface area is 138 Å². The molecule has 0 saturated carbocycles. The van der Waals surface area contributed by atoms with Crippen LogP contribution < -0.4 is 5.32 Å². The minimum Gasteiger partial charge on any atom is -0.361 e. The number of para-hydroxylation sites is 1. The summed E-state index contributed by atoms with van der Waals surface area (Å²) in [4.78, 5) is 15.1. The van der Waals surface area contributed by atoms with Crippen molar-refractivity contribution in [2.75, 3.05) is 12.3 Å². The van der Waals surface area contributed by atoms with Crippen molar-refractivity contribution in [3.8, 4) is 0 Å². The van der Waals surface area contributed by atoms with Gasteiger partial charge in [-0.25, -0.2) is 0 Å². The largest absolute Gasteiger partial charge is 0.361 e. The third-order valence-electron chi connectivity index (χ3n) is 3.95. The summed E-state index contributed by atoms with van der Waals surface area (Å²) in [6, 6.07) is 8.27. The highest BCUT2D eigenvalue weighted by molar-refractivity contribution is 7.80. The summed E-state index contributed by atoms with van der Waals surface area (Å²) in [5, 5.41) is 4.27. The lowest BCUT2D eigenvalue weighted by Gasteiger charge is -2.05. The number of unbranched alkanes of at least 4 members (excludes halogenated alkanes) is 4. The van der Waals surface area contributed by atoms with Crippen molar-refractivity contribution in [1.82, 2.24) is 10.3 Å². The maximum Gasteiger partial charge on any atom is 0.220 e. The molecule has 0 unspecified atom stereocenters. The van der Waals surface area contributed by atoms with Gasteiger partial charge in [-0.3, -0.25) is 4.79 Å². The number of aromatic nitrogens is 1. The fraction of sp³-hybridized carbons (Fsp3) is 0.500. The Bertz CT molecular complexity index is 579. The molecule has 22 heavy (non-hydrogen) atoms. The van der Waals surface area contributed by atoms with Crippen LogP contribution in [0.5, 0.6) is 0 Å². The lowest BCUT2D eigenvalue weighted by molar-refractivity contribution is -0.121. The molecule has 0 radical (unpaired) electrons. The van der Waals surface area contributed by atoms with E-state index in [1.54, 1.807) is 0 Å². The van der Waals surface area contributed by atoms with Crippen LogP contribution in [0.15, 0.2) is 30.5 Å². The maximum absolute atomic E-state index is 11.8. The van der Waals surface area contributed by atoms with Crippen molar-refractivity contribution in [3.63, 3.8) is 0 Å². The zero-order valence-corrected chi connectivity index (χ0v) is 14.0. The minimum atomic E-state index is 0.175. The molecule has 4 heteroatoms. The van der Waals surface area contributed by atoms with E-state index in [0.29, 0.717) is 13.0 Å². The minimum absolute atomic E-state index is 0.175. The molecule has 0 aliphatic rings. The molecule has 2 aromatic rings. The summed E-state index contributed by atoms with van der Waals surface area (Å²) in [5.74, 6) is 1.14. The van der Waals surface area contributed by atoms with Crippen LogP contribution in [-0.4, -0.2) is 23.2 Å². The highest BCUT2D eigenvalue weighted by Crippen LogP contribution is 2.17. The molecule has 2 N–H and O–H groups in total. The van der Waals surface area contributed by atoms with Crippen molar-refractivity contribution in [1.29, 1.82) is 0 Å². The number of aromatic amines is 1. The normalized spacial score (nSPS) is 11.0. The fourth-order valence-corrected chi connectivity index (χ4v) is 2.91. The lowest BCUT2D eigenvalue weighted by atomic mass is 10.1. The number of amides is 1. The van der Waals surface area contributed by atoms with Crippen LogP contribution in [0.4, 0.5) is 0 Å². The van der Waals surface area contributed by atoms with E-state index in [-0.39, 0.29) is 5.91 Å². The summed E-state index contributed by atoms with van der Waals surface area (Å²) in [6.45, 7) is 0.709. The van der Waals surface area contributed by atoms with Crippen molar-refractivity contribution in [3.05, 3.63) is 36.0 Å². The molecule has 0 aliphatic heterocycles. The molecule has 0 fully saturated rings. The quantitative estimate of drug-likeness (QED) is 0.448. The summed E-state index contributed by atoms with van der Waals surface area (Å²) < 4.78 is 0. The van der Waals surface area contributed by atoms with E-state index in [4.69, 9.17) is 0 Å². The second kappa shape index (κ2) is 9.57. The van der Waals surface area contributed by atoms with Gasteiger partial charge in [-0.05, 0) is 36.6 Å². The van der Waals surface area contributed by atoms with E-state index in [1.807, 2.05) is 18.3 Å². The number of hydrogen-bond acceptors (Lipinski definition) is 2. The van der Waals surface area contributed by atoms with E-state index in [0.717, 1.165) is 30.5 Å². The zero-order valence-electron chi connectivity index (χ0n) is 13.1.